The van der Waals surface area contributed by atoms with Gasteiger partial charge in [0.2, 0.25) is 0 Å². The fourth-order valence-electron chi connectivity index (χ4n) is 1.26. The monoisotopic (exact) mass is 339 g/mol. The second-order valence-electron chi connectivity index (χ2n) is 4.93. The topological polar surface area (TPSA) is 58.6 Å². The van der Waals surface area contributed by atoms with Crippen molar-refractivity contribution in [3.63, 3.8) is 0 Å². The minimum atomic E-state index is -0.748. The van der Waals surface area contributed by atoms with Gasteiger partial charge in [0, 0.05) is 6.07 Å². The average Bonchev–Trinajstić information content (AvgIpc) is 2.31. The predicted molar refractivity (Wildman–Crippen MR) is 80.9 cm³/mol. The molecular weight excluding hydrogens is 325 g/mol. The third-order valence-electron chi connectivity index (χ3n) is 2.84. The Balaban J connectivity index is 2.64. The summed E-state index contributed by atoms with van der Waals surface area (Å²) in [5.74, 6) is -0.107. The molecule has 2 N–H and O–H groups in total. The Kier molecular flexibility index (Phi) is 5.95. The Bertz CT molecular complexity index is 504. The Hall–Kier alpha value is -0.680. The Morgan fingerprint density at radius 2 is 1.85 bits per heavy atom. The normalized spacial score (nSPS) is 12.9. The van der Waals surface area contributed by atoms with E-state index in [1.54, 1.807) is 20.8 Å². The minimum Gasteiger partial charge on any atom is -0.482 e. The summed E-state index contributed by atoms with van der Waals surface area (Å²) in [4.78, 5) is 11.8. The van der Waals surface area contributed by atoms with Gasteiger partial charge in [-0.1, -0.05) is 34.8 Å². The quantitative estimate of drug-likeness (QED) is 0.809. The van der Waals surface area contributed by atoms with E-state index >= 15 is 0 Å². The van der Waals surface area contributed by atoms with Crippen molar-refractivity contribution in [1.29, 1.82) is 0 Å². The first kappa shape index (κ1) is 17.4. The molecule has 4 nitrogen and oxygen atoms in total. The lowest BCUT2D eigenvalue weighted by Crippen LogP contribution is -2.52. The van der Waals surface area contributed by atoms with Crippen molar-refractivity contribution in [3.05, 3.63) is 27.2 Å². The molecule has 0 aliphatic carbocycles. The van der Waals surface area contributed by atoms with Gasteiger partial charge < -0.3 is 15.2 Å². The second-order valence-corrected chi connectivity index (χ2v) is 6.15. The van der Waals surface area contributed by atoms with Gasteiger partial charge in [0.15, 0.2) is 6.61 Å². The molecule has 1 aromatic carbocycles. The van der Waals surface area contributed by atoms with Crippen LogP contribution in [0.1, 0.15) is 20.8 Å². The average molecular weight is 341 g/mol. The molecule has 1 atom stereocenters. The zero-order valence-corrected chi connectivity index (χ0v) is 13.6. The van der Waals surface area contributed by atoms with E-state index in [1.165, 1.54) is 12.1 Å². The third-order valence-corrected chi connectivity index (χ3v) is 3.86. The first-order chi connectivity index (χ1) is 9.13. The lowest BCUT2D eigenvalue weighted by molar-refractivity contribution is -0.126. The van der Waals surface area contributed by atoms with Crippen LogP contribution in [-0.4, -0.2) is 29.3 Å². The molecule has 0 radical (unpaired) electrons. The molecule has 1 rings (SSSR count). The number of rotatable bonds is 5. The van der Waals surface area contributed by atoms with Crippen molar-refractivity contribution in [3.8, 4) is 5.75 Å². The van der Waals surface area contributed by atoms with E-state index in [9.17, 15) is 9.90 Å². The lowest BCUT2D eigenvalue weighted by atomic mass is 9.99. The number of amides is 1. The molecule has 112 valence electrons. The molecule has 0 bridgehead atoms. The highest BCUT2D eigenvalue weighted by molar-refractivity contribution is 6.43. The summed E-state index contributed by atoms with van der Waals surface area (Å²) >= 11 is 17.6. The number of carbonyl (C=O) groups is 1. The lowest BCUT2D eigenvalue weighted by Gasteiger charge is -2.29. The smallest absolute Gasteiger partial charge is 0.258 e. The Labute approximate surface area is 133 Å². The molecule has 0 saturated carbocycles. The standard InChI is InChI=1S/C13H16Cl3NO3/c1-7(18)13(2,3)17-12(19)6-20-11-5-9(15)8(14)4-10(11)16/h4-5,7,18H,6H2,1-3H3,(H,17,19). The fourth-order valence-corrected chi connectivity index (χ4v) is 1.85. The minimum absolute atomic E-state index is 0.242. The maximum absolute atomic E-state index is 11.8. The molecule has 0 aliphatic rings. The van der Waals surface area contributed by atoms with Crippen LogP contribution < -0.4 is 10.1 Å². The van der Waals surface area contributed by atoms with Crippen LogP contribution in [0.15, 0.2) is 12.1 Å². The molecule has 7 heteroatoms. The van der Waals surface area contributed by atoms with Gasteiger partial charge in [-0.2, -0.15) is 0 Å². The van der Waals surface area contributed by atoms with Crippen molar-refractivity contribution in [2.45, 2.75) is 32.4 Å². The first-order valence-electron chi connectivity index (χ1n) is 5.90. The van der Waals surface area contributed by atoms with Crippen LogP contribution >= 0.6 is 34.8 Å². The van der Waals surface area contributed by atoms with Crippen molar-refractivity contribution in [2.75, 3.05) is 6.61 Å². The number of halogens is 3. The van der Waals surface area contributed by atoms with E-state index in [2.05, 4.69) is 5.32 Å². The SMILES string of the molecule is CC(O)C(C)(C)NC(=O)COc1cc(Cl)c(Cl)cc1Cl. The van der Waals surface area contributed by atoms with Crippen molar-refractivity contribution in [2.24, 2.45) is 0 Å². The largest absolute Gasteiger partial charge is 0.482 e. The molecule has 0 spiro atoms. The van der Waals surface area contributed by atoms with Crippen LogP contribution in [0.3, 0.4) is 0 Å². The molecule has 0 aromatic heterocycles. The summed E-state index contributed by atoms with van der Waals surface area (Å²) < 4.78 is 5.29. The van der Waals surface area contributed by atoms with Gasteiger partial charge in [0.05, 0.1) is 26.7 Å². The maximum atomic E-state index is 11.8. The molecule has 1 amide bonds. The number of aliphatic hydroxyl groups excluding tert-OH is 1. The van der Waals surface area contributed by atoms with Gasteiger partial charge in [-0.25, -0.2) is 0 Å². The molecule has 0 saturated heterocycles. The Morgan fingerprint density at radius 1 is 1.30 bits per heavy atom. The number of nitrogens with one attached hydrogen (secondary N) is 1. The van der Waals surface area contributed by atoms with Crippen LogP contribution in [0.5, 0.6) is 5.75 Å². The van der Waals surface area contributed by atoms with E-state index in [-0.39, 0.29) is 28.3 Å². The molecule has 1 unspecified atom stereocenters. The summed E-state index contributed by atoms with van der Waals surface area (Å²) in [5.41, 5.74) is -0.748. The number of hydrogen-bond acceptors (Lipinski definition) is 3. The van der Waals surface area contributed by atoms with Crippen LogP contribution in [0.25, 0.3) is 0 Å². The van der Waals surface area contributed by atoms with E-state index in [4.69, 9.17) is 39.5 Å². The summed E-state index contributed by atoms with van der Waals surface area (Å²) in [7, 11) is 0. The fraction of sp³-hybridized carbons (Fsp3) is 0.462. The van der Waals surface area contributed by atoms with E-state index < -0.39 is 11.6 Å². The van der Waals surface area contributed by atoms with Crippen LogP contribution in [0.2, 0.25) is 15.1 Å². The predicted octanol–water partition coefficient (Wildman–Crippen LogP) is 3.30. The maximum Gasteiger partial charge on any atom is 0.258 e. The zero-order chi connectivity index (χ0) is 15.5. The van der Waals surface area contributed by atoms with Gasteiger partial charge in [-0.3, -0.25) is 4.79 Å². The molecular formula is C13H16Cl3NO3. The van der Waals surface area contributed by atoms with E-state index in [0.717, 1.165) is 0 Å². The number of benzene rings is 1. The Morgan fingerprint density at radius 3 is 2.40 bits per heavy atom. The van der Waals surface area contributed by atoms with E-state index in [0.29, 0.717) is 5.02 Å². The summed E-state index contributed by atoms with van der Waals surface area (Å²) in [5, 5.41) is 13.0. The van der Waals surface area contributed by atoms with Crippen LogP contribution in [0.4, 0.5) is 0 Å². The number of hydrogen-bond donors (Lipinski definition) is 2. The highest BCUT2D eigenvalue weighted by Crippen LogP contribution is 2.33. The number of carbonyl (C=O) groups excluding carboxylic acids is 1. The van der Waals surface area contributed by atoms with Crippen molar-refractivity contribution in [1.82, 2.24) is 5.32 Å². The summed E-state index contributed by atoms with van der Waals surface area (Å²) in [6.07, 6.45) is -0.694. The van der Waals surface area contributed by atoms with Crippen LogP contribution in [-0.2, 0) is 4.79 Å². The highest BCUT2D eigenvalue weighted by Gasteiger charge is 2.26. The molecule has 0 fully saturated rings. The summed E-state index contributed by atoms with van der Waals surface area (Å²) in [6.45, 7) is 4.77. The molecule has 1 aromatic rings. The van der Waals surface area contributed by atoms with Gasteiger partial charge >= 0.3 is 0 Å². The van der Waals surface area contributed by atoms with Crippen molar-refractivity contribution >= 4 is 40.7 Å². The van der Waals surface area contributed by atoms with Crippen LogP contribution in [0, 0.1) is 0 Å². The molecule has 20 heavy (non-hydrogen) atoms. The third kappa shape index (κ3) is 4.70. The van der Waals surface area contributed by atoms with Gasteiger partial charge in [0.25, 0.3) is 5.91 Å². The van der Waals surface area contributed by atoms with E-state index in [1.807, 2.05) is 0 Å². The molecule has 0 heterocycles. The summed E-state index contributed by atoms with van der Waals surface area (Å²) in [6, 6.07) is 2.89. The van der Waals surface area contributed by atoms with Gasteiger partial charge in [-0.05, 0) is 26.8 Å². The second kappa shape index (κ2) is 6.85. The van der Waals surface area contributed by atoms with Crippen molar-refractivity contribution < 1.29 is 14.6 Å². The zero-order valence-electron chi connectivity index (χ0n) is 11.3. The highest BCUT2D eigenvalue weighted by atomic mass is 35.5. The number of ether oxygens (including phenoxy) is 1. The van der Waals surface area contributed by atoms with Gasteiger partial charge in [0.1, 0.15) is 5.75 Å². The van der Waals surface area contributed by atoms with Gasteiger partial charge in [-0.15, -0.1) is 0 Å². The molecule has 0 aliphatic heterocycles. The number of aliphatic hydroxyl groups is 1. The first-order valence-corrected chi connectivity index (χ1v) is 7.03.